The van der Waals surface area contributed by atoms with Crippen molar-refractivity contribution < 1.29 is 13.2 Å². The minimum atomic E-state index is -0.705. The van der Waals surface area contributed by atoms with Crippen LogP contribution in [0.15, 0.2) is 72.7 Å². The lowest BCUT2D eigenvalue weighted by Crippen LogP contribution is -2.22. The van der Waals surface area contributed by atoms with Crippen LogP contribution >= 0.6 is 0 Å². The molecule has 130 valence electrons. The van der Waals surface area contributed by atoms with E-state index in [1.165, 1.54) is 29.2 Å². The van der Waals surface area contributed by atoms with Gasteiger partial charge in [-0.3, -0.25) is 0 Å². The largest absolute Gasteiger partial charge is 0.342 e. The Morgan fingerprint density at radius 1 is 0.840 bits per heavy atom. The summed E-state index contributed by atoms with van der Waals surface area (Å²) in [5, 5.41) is 0. The lowest BCUT2D eigenvalue weighted by molar-refractivity contribution is 0.513. The predicted octanol–water partition coefficient (Wildman–Crippen LogP) is 6.17. The normalized spacial score (nSPS) is 14.1. The molecular formula is C21H20F3N. The molecule has 3 rings (SSSR count). The van der Waals surface area contributed by atoms with Crippen LogP contribution in [0.4, 0.5) is 13.2 Å². The summed E-state index contributed by atoms with van der Waals surface area (Å²) in [6.07, 6.45) is 1.26. The van der Waals surface area contributed by atoms with Gasteiger partial charge in [0.05, 0.1) is 17.0 Å². The number of nitrogens with zero attached hydrogens (tertiary/aromatic N) is 1. The predicted molar refractivity (Wildman–Crippen MR) is 97.1 cm³/mol. The Balaban J connectivity index is 0.00000109. The fourth-order valence-corrected chi connectivity index (χ4v) is 2.62. The summed E-state index contributed by atoms with van der Waals surface area (Å²) in [7, 11) is 1.54. The van der Waals surface area contributed by atoms with E-state index in [1.807, 2.05) is 19.9 Å². The van der Waals surface area contributed by atoms with Crippen LogP contribution < -0.4 is 0 Å². The highest BCUT2D eigenvalue weighted by molar-refractivity contribution is 5.97. The molecule has 1 aliphatic heterocycles. The van der Waals surface area contributed by atoms with Gasteiger partial charge in [-0.2, -0.15) is 0 Å². The monoisotopic (exact) mass is 343 g/mol. The van der Waals surface area contributed by atoms with Crippen LogP contribution in [0.25, 0.3) is 11.3 Å². The molecule has 0 N–H and O–H groups in total. The summed E-state index contributed by atoms with van der Waals surface area (Å²) >= 11 is 0. The average Bonchev–Trinajstić information content (AvgIpc) is 2.63. The maximum atomic E-state index is 14.3. The van der Waals surface area contributed by atoms with Gasteiger partial charge >= 0.3 is 0 Å². The molecule has 0 bridgehead atoms. The molecule has 1 aliphatic rings. The first-order valence-corrected chi connectivity index (χ1v) is 8.05. The van der Waals surface area contributed by atoms with Crippen molar-refractivity contribution in [2.45, 2.75) is 13.8 Å². The lowest BCUT2D eigenvalue weighted by atomic mass is 9.94. The zero-order valence-electron chi connectivity index (χ0n) is 14.5. The van der Waals surface area contributed by atoms with Gasteiger partial charge in [0.15, 0.2) is 0 Å². The standard InChI is InChI=1S/C19H14F3N.C2H6/c1-12-17(22)11-14(13-7-4-3-5-8-13)19(23(12)2)18-15(20)9-6-10-16(18)21;1-2/h3-11H,1H2,2H3;1-2H3. The maximum absolute atomic E-state index is 14.3. The van der Waals surface area contributed by atoms with E-state index in [4.69, 9.17) is 0 Å². The van der Waals surface area contributed by atoms with Crippen LogP contribution in [0, 0.1) is 11.6 Å². The molecule has 0 saturated heterocycles. The fraction of sp³-hybridized carbons (Fsp3) is 0.143. The van der Waals surface area contributed by atoms with Crippen molar-refractivity contribution in [3.05, 3.63) is 95.5 Å². The molecular weight excluding hydrogens is 323 g/mol. The molecule has 4 heteroatoms. The molecule has 0 saturated carbocycles. The average molecular weight is 343 g/mol. The highest BCUT2D eigenvalue weighted by Gasteiger charge is 2.27. The Morgan fingerprint density at radius 2 is 1.40 bits per heavy atom. The number of hydrogen-bond donors (Lipinski definition) is 0. The summed E-state index contributed by atoms with van der Waals surface area (Å²) in [5.41, 5.74) is 1.18. The zero-order valence-corrected chi connectivity index (χ0v) is 14.5. The molecule has 25 heavy (non-hydrogen) atoms. The first-order chi connectivity index (χ1) is 12.0. The van der Waals surface area contributed by atoms with Gasteiger partial charge in [0.25, 0.3) is 0 Å². The van der Waals surface area contributed by atoms with Crippen LogP contribution in [-0.4, -0.2) is 11.9 Å². The van der Waals surface area contributed by atoms with Crippen molar-refractivity contribution in [3.63, 3.8) is 0 Å². The summed E-state index contributed by atoms with van der Waals surface area (Å²) in [6.45, 7) is 7.64. The van der Waals surface area contributed by atoms with Gasteiger partial charge in [-0.25, -0.2) is 13.2 Å². The maximum Gasteiger partial charge on any atom is 0.146 e. The summed E-state index contributed by atoms with van der Waals surface area (Å²) < 4.78 is 42.7. The molecule has 2 aromatic rings. The van der Waals surface area contributed by atoms with Gasteiger partial charge in [0, 0.05) is 12.6 Å². The Morgan fingerprint density at radius 3 is 1.96 bits per heavy atom. The van der Waals surface area contributed by atoms with Crippen molar-refractivity contribution >= 4 is 11.3 Å². The second kappa shape index (κ2) is 7.88. The van der Waals surface area contributed by atoms with Crippen LogP contribution in [-0.2, 0) is 0 Å². The number of rotatable bonds is 2. The Bertz CT molecular complexity index is 815. The third-order valence-corrected chi connectivity index (χ3v) is 3.83. The Hall–Kier alpha value is -2.75. The highest BCUT2D eigenvalue weighted by atomic mass is 19.1. The van der Waals surface area contributed by atoms with E-state index in [2.05, 4.69) is 6.58 Å². The second-order valence-electron chi connectivity index (χ2n) is 5.22. The number of hydrogen-bond acceptors (Lipinski definition) is 1. The van der Waals surface area contributed by atoms with Crippen LogP contribution in [0.1, 0.15) is 25.0 Å². The van der Waals surface area contributed by atoms with Gasteiger partial charge in [-0.15, -0.1) is 0 Å². The van der Waals surface area contributed by atoms with E-state index < -0.39 is 17.5 Å². The lowest BCUT2D eigenvalue weighted by Gasteiger charge is -2.30. The van der Waals surface area contributed by atoms with Crippen molar-refractivity contribution in [2.24, 2.45) is 0 Å². The fourth-order valence-electron chi connectivity index (χ4n) is 2.62. The van der Waals surface area contributed by atoms with Crippen molar-refractivity contribution in [3.8, 4) is 0 Å². The minimum Gasteiger partial charge on any atom is -0.342 e. The molecule has 0 fully saturated rings. The van der Waals surface area contributed by atoms with E-state index >= 15 is 0 Å². The Kier molecular flexibility index (Phi) is 5.86. The van der Waals surface area contributed by atoms with Crippen molar-refractivity contribution in [1.29, 1.82) is 0 Å². The molecule has 0 aromatic heterocycles. The van der Waals surface area contributed by atoms with Crippen LogP contribution in [0.5, 0.6) is 0 Å². The number of allylic oxidation sites excluding steroid dienone is 3. The van der Waals surface area contributed by atoms with Crippen molar-refractivity contribution in [1.82, 2.24) is 4.90 Å². The van der Waals surface area contributed by atoms with Crippen molar-refractivity contribution in [2.75, 3.05) is 7.05 Å². The molecule has 0 aliphatic carbocycles. The van der Waals surface area contributed by atoms with Gasteiger partial charge in [0.1, 0.15) is 17.5 Å². The zero-order chi connectivity index (χ0) is 18.6. The van der Waals surface area contributed by atoms with E-state index in [9.17, 15) is 13.2 Å². The van der Waals surface area contributed by atoms with E-state index in [-0.39, 0.29) is 17.0 Å². The van der Waals surface area contributed by atoms with Gasteiger partial charge in [0.2, 0.25) is 0 Å². The SMILES string of the molecule is C=C1C(F)=CC(c2ccccc2)=C(c2c(F)cccc2F)N1C.CC. The molecule has 0 radical (unpaired) electrons. The smallest absolute Gasteiger partial charge is 0.146 e. The van der Waals surface area contributed by atoms with Gasteiger partial charge in [-0.1, -0.05) is 56.8 Å². The first-order valence-electron chi connectivity index (χ1n) is 8.05. The molecule has 1 nitrogen and oxygen atoms in total. The second-order valence-corrected chi connectivity index (χ2v) is 5.22. The summed E-state index contributed by atoms with van der Waals surface area (Å²) in [4.78, 5) is 1.37. The molecule has 0 atom stereocenters. The first kappa shape index (κ1) is 18.6. The molecule has 0 spiro atoms. The van der Waals surface area contributed by atoms with Gasteiger partial charge < -0.3 is 4.90 Å². The summed E-state index contributed by atoms with van der Waals surface area (Å²) in [5.74, 6) is -1.94. The van der Waals surface area contributed by atoms with Gasteiger partial charge in [-0.05, 0) is 23.8 Å². The van der Waals surface area contributed by atoms with E-state index in [0.29, 0.717) is 11.1 Å². The quantitative estimate of drug-likeness (QED) is 0.630. The summed E-state index contributed by atoms with van der Waals surface area (Å²) in [6, 6.07) is 12.6. The third kappa shape index (κ3) is 3.53. The third-order valence-electron chi connectivity index (χ3n) is 3.83. The minimum absolute atomic E-state index is 0.0577. The number of benzene rings is 2. The molecule has 0 unspecified atom stereocenters. The topological polar surface area (TPSA) is 3.24 Å². The number of likely N-dealkylation sites (N-methyl/N-ethyl adjacent to an activating group) is 1. The van der Waals surface area contributed by atoms with Crippen LogP contribution in [0.2, 0.25) is 0 Å². The Labute approximate surface area is 146 Å². The molecule has 1 heterocycles. The molecule has 0 amide bonds. The molecule has 2 aromatic carbocycles. The highest BCUT2D eigenvalue weighted by Crippen LogP contribution is 2.40. The number of halogens is 3. The van der Waals surface area contributed by atoms with Crippen LogP contribution in [0.3, 0.4) is 0 Å². The van der Waals surface area contributed by atoms with E-state index in [0.717, 1.165) is 0 Å². The van der Waals surface area contributed by atoms with E-state index in [1.54, 1.807) is 31.3 Å².